The molecule has 0 radical (unpaired) electrons. The molecule has 2 rings (SSSR count). The number of nitrogens with one attached hydrogen (secondary N) is 1. The molecule has 0 amide bonds. The molecule has 3 N–H and O–H groups in total. The molecular formula is C12H16FIN2O. The molecule has 17 heavy (non-hydrogen) atoms. The fourth-order valence-electron chi connectivity index (χ4n) is 1.94. The fraction of sp³-hybridized carbons (Fsp3) is 0.500. The first-order valence-corrected chi connectivity index (χ1v) is 6.68. The smallest absolute Gasteiger partial charge is 0.138 e. The summed E-state index contributed by atoms with van der Waals surface area (Å²) < 4.78 is 19.4. The van der Waals surface area contributed by atoms with E-state index in [2.05, 4.69) is 12.2 Å². The Morgan fingerprint density at radius 1 is 1.41 bits per heavy atom. The summed E-state index contributed by atoms with van der Waals surface area (Å²) in [5.74, 6) is -0.238. The maximum absolute atomic E-state index is 13.5. The van der Waals surface area contributed by atoms with Crippen molar-refractivity contribution in [1.82, 2.24) is 0 Å². The Morgan fingerprint density at radius 3 is 2.71 bits per heavy atom. The van der Waals surface area contributed by atoms with Gasteiger partial charge in [-0.1, -0.05) is 0 Å². The van der Waals surface area contributed by atoms with E-state index >= 15 is 0 Å². The predicted octanol–water partition coefficient (Wildman–Crippen LogP) is 2.99. The molecule has 1 heterocycles. The van der Waals surface area contributed by atoms with Crippen molar-refractivity contribution in [2.45, 2.75) is 25.3 Å². The summed E-state index contributed by atoms with van der Waals surface area (Å²) >= 11 is 1.94. The van der Waals surface area contributed by atoms with Crippen LogP contribution in [0.3, 0.4) is 0 Å². The van der Waals surface area contributed by atoms with E-state index < -0.39 is 0 Å². The molecule has 1 aliphatic rings. The number of hydrogen-bond donors (Lipinski definition) is 2. The minimum absolute atomic E-state index is 0.0639. The second-order valence-electron chi connectivity index (χ2n) is 4.65. The van der Waals surface area contributed by atoms with Crippen LogP contribution in [0.5, 0.6) is 0 Å². The maximum Gasteiger partial charge on any atom is 0.138 e. The number of benzene rings is 1. The first-order chi connectivity index (χ1) is 8.00. The second kappa shape index (κ2) is 4.97. The molecule has 0 saturated carbocycles. The van der Waals surface area contributed by atoms with Crippen LogP contribution in [0.15, 0.2) is 12.1 Å². The largest absolute Gasteiger partial charge is 0.397 e. The first-order valence-electron chi connectivity index (χ1n) is 5.61. The Kier molecular flexibility index (Phi) is 3.77. The number of nitrogen functional groups attached to an aromatic ring is 1. The van der Waals surface area contributed by atoms with Gasteiger partial charge in [-0.2, -0.15) is 0 Å². The van der Waals surface area contributed by atoms with Gasteiger partial charge in [0.15, 0.2) is 0 Å². The van der Waals surface area contributed by atoms with Crippen molar-refractivity contribution in [3.05, 3.63) is 21.5 Å². The summed E-state index contributed by atoms with van der Waals surface area (Å²) in [6.07, 6.45) is 1.81. The number of anilines is 2. The third-order valence-electron chi connectivity index (χ3n) is 3.13. The standard InChI is InChI=1S/C12H16FIN2O/c1-12(2-4-17-5-3-12)16-11-6-8(13)9(14)7-10(11)15/h6-7,16H,2-5,15H2,1H3. The highest BCUT2D eigenvalue weighted by Crippen LogP contribution is 2.30. The van der Waals surface area contributed by atoms with Crippen molar-refractivity contribution in [2.75, 3.05) is 24.3 Å². The minimum Gasteiger partial charge on any atom is -0.397 e. The van der Waals surface area contributed by atoms with E-state index in [1.165, 1.54) is 6.07 Å². The predicted molar refractivity (Wildman–Crippen MR) is 75.6 cm³/mol. The van der Waals surface area contributed by atoms with Crippen molar-refractivity contribution >= 4 is 34.0 Å². The average molecular weight is 350 g/mol. The van der Waals surface area contributed by atoms with E-state index in [4.69, 9.17) is 10.5 Å². The van der Waals surface area contributed by atoms with Crippen molar-refractivity contribution in [2.24, 2.45) is 0 Å². The highest BCUT2D eigenvalue weighted by Gasteiger charge is 2.27. The van der Waals surface area contributed by atoms with E-state index in [1.807, 2.05) is 22.6 Å². The Morgan fingerprint density at radius 2 is 2.06 bits per heavy atom. The van der Waals surface area contributed by atoms with E-state index in [-0.39, 0.29) is 11.4 Å². The molecule has 0 aliphatic carbocycles. The lowest BCUT2D eigenvalue weighted by atomic mass is 9.92. The quantitative estimate of drug-likeness (QED) is 0.637. The molecule has 0 aromatic heterocycles. The molecule has 1 aliphatic heterocycles. The zero-order chi connectivity index (χ0) is 12.5. The molecule has 0 spiro atoms. The lowest BCUT2D eigenvalue weighted by Crippen LogP contribution is -2.40. The van der Waals surface area contributed by atoms with Crippen molar-refractivity contribution < 1.29 is 9.13 Å². The SMILES string of the molecule is CC1(Nc2cc(F)c(I)cc2N)CCOCC1. The van der Waals surface area contributed by atoms with Crippen LogP contribution in [-0.2, 0) is 4.74 Å². The number of halogens is 2. The summed E-state index contributed by atoms with van der Waals surface area (Å²) in [6, 6.07) is 3.12. The molecule has 1 aromatic carbocycles. The van der Waals surface area contributed by atoms with Gasteiger partial charge in [0.05, 0.1) is 14.9 Å². The lowest BCUT2D eigenvalue weighted by molar-refractivity contribution is 0.0658. The number of hydrogen-bond acceptors (Lipinski definition) is 3. The van der Waals surface area contributed by atoms with Gasteiger partial charge in [-0.25, -0.2) is 4.39 Å². The second-order valence-corrected chi connectivity index (χ2v) is 5.81. The molecule has 94 valence electrons. The zero-order valence-corrected chi connectivity index (χ0v) is 11.9. The molecule has 5 heteroatoms. The number of nitrogens with two attached hydrogens (primary N) is 1. The molecular weight excluding hydrogens is 334 g/mol. The van der Waals surface area contributed by atoms with Crippen molar-refractivity contribution in [3.8, 4) is 0 Å². The minimum atomic E-state index is -0.238. The topological polar surface area (TPSA) is 47.3 Å². The van der Waals surface area contributed by atoms with Gasteiger partial charge in [-0.05, 0) is 48.4 Å². The van der Waals surface area contributed by atoms with Crippen LogP contribution in [0.1, 0.15) is 19.8 Å². The maximum atomic E-state index is 13.5. The van der Waals surface area contributed by atoms with Gasteiger partial charge in [-0.15, -0.1) is 0 Å². The Hall–Kier alpha value is -0.560. The normalized spacial score (nSPS) is 19.0. The van der Waals surface area contributed by atoms with E-state index in [0.29, 0.717) is 14.9 Å². The van der Waals surface area contributed by atoms with Gasteiger partial charge >= 0.3 is 0 Å². The third-order valence-corrected chi connectivity index (χ3v) is 3.95. The third kappa shape index (κ3) is 3.01. The van der Waals surface area contributed by atoms with Crippen molar-refractivity contribution in [3.63, 3.8) is 0 Å². The Balaban J connectivity index is 2.20. The van der Waals surface area contributed by atoms with Crippen LogP contribution < -0.4 is 11.1 Å². The van der Waals surface area contributed by atoms with E-state index in [0.717, 1.165) is 26.1 Å². The van der Waals surface area contributed by atoms with Gasteiger partial charge in [0.1, 0.15) is 5.82 Å². The highest BCUT2D eigenvalue weighted by atomic mass is 127. The van der Waals surface area contributed by atoms with Gasteiger partial charge in [0, 0.05) is 24.8 Å². The summed E-state index contributed by atoms with van der Waals surface area (Å²) in [5, 5.41) is 3.35. The lowest BCUT2D eigenvalue weighted by Gasteiger charge is -2.35. The molecule has 0 unspecified atom stereocenters. The fourth-order valence-corrected chi connectivity index (χ4v) is 2.43. The van der Waals surface area contributed by atoms with E-state index in [1.54, 1.807) is 6.07 Å². The van der Waals surface area contributed by atoms with Gasteiger partial charge in [0.25, 0.3) is 0 Å². The number of rotatable bonds is 2. The zero-order valence-electron chi connectivity index (χ0n) is 9.72. The van der Waals surface area contributed by atoms with Crippen LogP contribution in [0.2, 0.25) is 0 Å². The molecule has 3 nitrogen and oxygen atoms in total. The van der Waals surface area contributed by atoms with Crippen molar-refractivity contribution in [1.29, 1.82) is 0 Å². The highest BCUT2D eigenvalue weighted by molar-refractivity contribution is 14.1. The monoisotopic (exact) mass is 350 g/mol. The molecule has 0 bridgehead atoms. The molecule has 1 aromatic rings. The van der Waals surface area contributed by atoms with Crippen LogP contribution in [-0.4, -0.2) is 18.8 Å². The Bertz CT molecular complexity index is 419. The summed E-state index contributed by atoms with van der Waals surface area (Å²) in [5.41, 5.74) is 7.10. The Labute approximate surface area is 114 Å². The van der Waals surface area contributed by atoms with Crippen LogP contribution in [0.25, 0.3) is 0 Å². The van der Waals surface area contributed by atoms with Gasteiger partial charge < -0.3 is 15.8 Å². The van der Waals surface area contributed by atoms with Gasteiger partial charge in [-0.3, -0.25) is 0 Å². The summed E-state index contributed by atoms with van der Waals surface area (Å²) in [7, 11) is 0. The van der Waals surface area contributed by atoms with Crippen LogP contribution in [0, 0.1) is 9.39 Å². The average Bonchev–Trinajstić information content (AvgIpc) is 2.26. The molecule has 1 fully saturated rings. The first kappa shape index (κ1) is 12.9. The molecule has 0 atom stereocenters. The van der Waals surface area contributed by atoms with Crippen LogP contribution in [0.4, 0.5) is 15.8 Å². The van der Waals surface area contributed by atoms with E-state index in [9.17, 15) is 4.39 Å². The van der Waals surface area contributed by atoms with Crippen LogP contribution >= 0.6 is 22.6 Å². The molecule has 1 saturated heterocycles. The number of ether oxygens (including phenoxy) is 1. The summed E-state index contributed by atoms with van der Waals surface area (Å²) in [4.78, 5) is 0. The summed E-state index contributed by atoms with van der Waals surface area (Å²) in [6.45, 7) is 3.58. The van der Waals surface area contributed by atoms with Gasteiger partial charge in [0.2, 0.25) is 0 Å².